The lowest BCUT2D eigenvalue weighted by molar-refractivity contribution is -0.154. The van der Waals surface area contributed by atoms with Crippen LogP contribution >= 0.6 is 11.8 Å². The second-order valence-corrected chi connectivity index (χ2v) is 9.22. The third kappa shape index (κ3) is 2.71. The maximum absolute atomic E-state index is 12.0. The van der Waals surface area contributed by atoms with Gasteiger partial charge in [-0.3, -0.25) is 4.79 Å². The van der Waals surface area contributed by atoms with E-state index in [4.69, 9.17) is 14.2 Å². The number of hydrogen-bond donors (Lipinski definition) is 0. The number of hydrogen-bond acceptors (Lipinski definition) is 5. The summed E-state index contributed by atoms with van der Waals surface area (Å²) in [5, 5.41) is 0.399. The van der Waals surface area contributed by atoms with Crippen molar-refractivity contribution in [2.24, 2.45) is 17.8 Å². The Morgan fingerprint density at radius 2 is 2.12 bits per heavy atom. The Morgan fingerprint density at radius 3 is 2.79 bits per heavy atom. The van der Waals surface area contributed by atoms with Gasteiger partial charge in [-0.05, 0) is 49.2 Å². The minimum atomic E-state index is -0.210. The summed E-state index contributed by atoms with van der Waals surface area (Å²) in [4.78, 5) is 12.0. The van der Waals surface area contributed by atoms with Crippen LogP contribution in [-0.2, 0) is 19.0 Å². The van der Waals surface area contributed by atoms with Gasteiger partial charge in [-0.1, -0.05) is 20.3 Å². The molecule has 4 aliphatic rings. The van der Waals surface area contributed by atoms with E-state index in [1.165, 1.54) is 31.4 Å². The molecule has 2 saturated carbocycles. The van der Waals surface area contributed by atoms with Crippen LogP contribution in [0.25, 0.3) is 0 Å². The SMILES string of the molecule is CCCCS[C@@H]1CO[C@@H]2[C@@H](OC(=O)CCC)CO[C@@]21C1CC2CC21. The molecule has 0 bridgehead atoms. The molecule has 2 heterocycles. The van der Waals surface area contributed by atoms with Crippen LogP contribution in [-0.4, -0.2) is 48.0 Å². The zero-order valence-electron chi connectivity index (χ0n) is 14.9. The van der Waals surface area contributed by atoms with Crippen molar-refractivity contribution >= 4 is 17.7 Å². The number of carbonyl (C=O) groups excluding carboxylic acids is 1. The largest absolute Gasteiger partial charge is 0.457 e. The maximum atomic E-state index is 12.0. The number of thioether (sulfide) groups is 1. The lowest BCUT2D eigenvalue weighted by Crippen LogP contribution is -2.55. The molecule has 5 heteroatoms. The standard InChI is InChI=1S/C19H30O4S/c1-3-5-7-24-16-11-21-18-15(23-17(20)6-4-2)10-22-19(16,18)14-9-12-8-13(12)14/h12-16,18H,3-11H2,1-2H3/t12?,13?,14?,15-,16+,18+,19+/m0/s1. The van der Waals surface area contributed by atoms with Gasteiger partial charge in [0.2, 0.25) is 0 Å². The van der Waals surface area contributed by atoms with Crippen LogP contribution in [0.5, 0.6) is 0 Å². The van der Waals surface area contributed by atoms with E-state index < -0.39 is 0 Å². The second-order valence-electron chi connectivity index (χ2n) is 7.91. The molecule has 4 fully saturated rings. The van der Waals surface area contributed by atoms with E-state index in [2.05, 4.69) is 6.92 Å². The van der Waals surface area contributed by atoms with Crippen LogP contribution in [0.2, 0.25) is 0 Å². The average molecular weight is 355 g/mol. The van der Waals surface area contributed by atoms with Gasteiger partial charge < -0.3 is 14.2 Å². The highest BCUT2D eigenvalue weighted by atomic mass is 32.2. The van der Waals surface area contributed by atoms with Crippen molar-refractivity contribution in [3.05, 3.63) is 0 Å². The van der Waals surface area contributed by atoms with E-state index in [1.54, 1.807) is 0 Å². The molecule has 0 spiro atoms. The number of fused-ring (bicyclic) bond motifs is 2. The van der Waals surface area contributed by atoms with Crippen molar-refractivity contribution in [1.82, 2.24) is 0 Å². The normalized spacial score (nSPS) is 45.4. The fraction of sp³-hybridized carbons (Fsp3) is 0.947. The van der Waals surface area contributed by atoms with Crippen LogP contribution in [0.4, 0.5) is 0 Å². The zero-order valence-corrected chi connectivity index (χ0v) is 15.7. The molecule has 2 aliphatic heterocycles. The van der Waals surface area contributed by atoms with Crippen LogP contribution < -0.4 is 0 Å². The van der Waals surface area contributed by atoms with E-state index in [1.807, 2.05) is 18.7 Å². The van der Waals surface area contributed by atoms with Crippen LogP contribution in [0.3, 0.4) is 0 Å². The van der Waals surface area contributed by atoms with Crippen LogP contribution in [0.15, 0.2) is 0 Å². The summed E-state index contributed by atoms with van der Waals surface area (Å²) in [6.07, 6.45) is 6.17. The van der Waals surface area contributed by atoms with Crippen molar-refractivity contribution in [2.45, 2.75) is 75.4 Å². The number of ether oxygens (including phenoxy) is 3. The predicted molar refractivity (Wildman–Crippen MR) is 94.1 cm³/mol. The molecule has 0 N–H and O–H groups in total. The predicted octanol–water partition coefficient (Wildman–Crippen LogP) is 3.42. The minimum absolute atomic E-state index is 0.0519. The molecule has 0 radical (unpaired) electrons. The molecular formula is C19H30O4S. The summed E-state index contributed by atoms with van der Waals surface area (Å²) >= 11 is 2.02. The van der Waals surface area contributed by atoms with Gasteiger partial charge >= 0.3 is 5.97 Å². The maximum Gasteiger partial charge on any atom is 0.306 e. The lowest BCUT2D eigenvalue weighted by atomic mass is 9.69. The third-order valence-corrected chi connectivity index (χ3v) is 7.83. The van der Waals surface area contributed by atoms with Gasteiger partial charge in [0.1, 0.15) is 11.7 Å². The molecule has 0 aromatic rings. The van der Waals surface area contributed by atoms with Crippen LogP contribution in [0, 0.1) is 17.8 Å². The first-order valence-electron chi connectivity index (χ1n) is 9.77. The zero-order chi connectivity index (χ0) is 16.7. The first-order valence-corrected chi connectivity index (χ1v) is 10.8. The Kier molecular flexibility index (Phi) is 4.87. The van der Waals surface area contributed by atoms with Gasteiger partial charge in [-0.25, -0.2) is 0 Å². The van der Waals surface area contributed by atoms with Crippen molar-refractivity contribution in [3.8, 4) is 0 Å². The molecule has 0 aromatic carbocycles. The number of unbranched alkanes of at least 4 members (excludes halogenated alkanes) is 1. The van der Waals surface area contributed by atoms with Gasteiger partial charge in [0, 0.05) is 6.42 Å². The molecule has 0 aromatic heterocycles. The molecule has 0 amide bonds. The molecule has 2 saturated heterocycles. The molecule has 136 valence electrons. The molecule has 3 unspecified atom stereocenters. The topological polar surface area (TPSA) is 44.8 Å². The number of rotatable bonds is 8. The van der Waals surface area contributed by atoms with Crippen molar-refractivity contribution in [1.29, 1.82) is 0 Å². The Balaban J connectivity index is 1.48. The minimum Gasteiger partial charge on any atom is -0.457 e. The molecule has 2 aliphatic carbocycles. The fourth-order valence-corrected chi connectivity index (χ4v) is 6.57. The Hall–Kier alpha value is -0.260. The summed E-state index contributed by atoms with van der Waals surface area (Å²) in [5.74, 6) is 3.46. The van der Waals surface area contributed by atoms with Gasteiger partial charge in [-0.15, -0.1) is 0 Å². The van der Waals surface area contributed by atoms with Crippen LogP contribution in [0.1, 0.15) is 52.4 Å². The monoisotopic (exact) mass is 354 g/mol. The average Bonchev–Trinajstić information content (AvgIpc) is 2.89. The van der Waals surface area contributed by atoms with E-state index in [9.17, 15) is 4.79 Å². The molecular weight excluding hydrogens is 324 g/mol. The quantitative estimate of drug-likeness (QED) is 0.494. The Bertz CT molecular complexity index is 484. The van der Waals surface area contributed by atoms with Gasteiger partial charge in [0.15, 0.2) is 6.10 Å². The molecule has 4 nitrogen and oxygen atoms in total. The highest BCUT2D eigenvalue weighted by Gasteiger charge is 2.72. The Labute approximate surface area is 149 Å². The summed E-state index contributed by atoms with van der Waals surface area (Å²) < 4.78 is 18.4. The number of carbonyl (C=O) groups is 1. The summed E-state index contributed by atoms with van der Waals surface area (Å²) in [7, 11) is 0. The number of esters is 1. The first kappa shape index (κ1) is 17.2. The van der Waals surface area contributed by atoms with Crippen molar-refractivity contribution in [3.63, 3.8) is 0 Å². The highest BCUT2D eigenvalue weighted by Crippen LogP contribution is 2.68. The van der Waals surface area contributed by atoms with Gasteiger partial charge in [0.25, 0.3) is 0 Å². The summed E-state index contributed by atoms with van der Waals surface area (Å²) in [6, 6.07) is 0. The molecule has 24 heavy (non-hydrogen) atoms. The van der Waals surface area contributed by atoms with Gasteiger partial charge in [0.05, 0.1) is 18.5 Å². The smallest absolute Gasteiger partial charge is 0.306 e. The van der Waals surface area contributed by atoms with Crippen molar-refractivity contribution in [2.75, 3.05) is 19.0 Å². The molecule has 7 atom stereocenters. The third-order valence-electron chi connectivity index (χ3n) is 6.39. The summed E-state index contributed by atoms with van der Waals surface area (Å²) in [5.41, 5.74) is -0.201. The fourth-order valence-electron chi connectivity index (χ4n) is 5.01. The Morgan fingerprint density at radius 1 is 1.25 bits per heavy atom. The second kappa shape index (κ2) is 6.81. The first-order chi connectivity index (χ1) is 11.7. The van der Waals surface area contributed by atoms with E-state index >= 15 is 0 Å². The summed E-state index contributed by atoms with van der Waals surface area (Å²) in [6.45, 7) is 5.50. The van der Waals surface area contributed by atoms with E-state index in [-0.39, 0.29) is 23.8 Å². The highest BCUT2D eigenvalue weighted by molar-refractivity contribution is 8.00. The molecule has 4 rings (SSSR count). The lowest BCUT2D eigenvalue weighted by Gasteiger charge is -2.44. The van der Waals surface area contributed by atoms with E-state index in [0.717, 1.165) is 24.9 Å². The van der Waals surface area contributed by atoms with E-state index in [0.29, 0.717) is 24.2 Å². The van der Waals surface area contributed by atoms with Gasteiger partial charge in [-0.2, -0.15) is 11.8 Å². The van der Waals surface area contributed by atoms with Crippen molar-refractivity contribution < 1.29 is 19.0 Å².